The minimum absolute atomic E-state index is 0.0277. The molecule has 0 aliphatic heterocycles. The Labute approximate surface area is 117 Å². The first-order chi connectivity index (χ1) is 9.45. The molecule has 1 atom stereocenters. The van der Waals surface area contributed by atoms with E-state index < -0.39 is 0 Å². The smallest absolute Gasteiger partial charge is 0.241 e. The number of rotatable bonds is 5. The molecule has 6 N–H and O–H groups in total. The molecule has 2 heterocycles. The van der Waals surface area contributed by atoms with Crippen molar-refractivity contribution in [3.8, 4) is 0 Å². The van der Waals surface area contributed by atoms with Crippen molar-refractivity contribution in [3.63, 3.8) is 0 Å². The lowest BCUT2D eigenvalue weighted by atomic mass is 9.85. The third-order valence-electron chi connectivity index (χ3n) is 3.21. The SMILES string of the molecule is CC(C)(C)C(CCO)Nc1nc(NN)nc2[nH]ncc12. The molecule has 110 valence electrons. The molecule has 0 aromatic carbocycles. The fourth-order valence-electron chi connectivity index (χ4n) is 2.03. The zero-order chi connectivity index (χ0) is 14.8. The van der Waals surface area contributed by atoms with E-state index in [-0.39, 0.29) is 18.1 Å². The predicted octanol–water partition coefficient (Wildman–Crippen LogP) is 0.848. The van der Waals surface area contributed by atoms with E-state index in [4.69, 9.17) is 5.84 Å². The van der Waals surface area contributed by atoms with Gasteiger partial charge in [0.15, 0.2) is 5.65 Å². The summed E-state index contributed by atoms with van der Waals surface area (Å²) in [5.74, 6) is 6.33. The van der Waals surface area contributed by atoms with E-state index >= 15 is 0 Å². The monoisotopic (exact) mass is 279 g/mol. The Balaban J connectivity index is 2.38. The lowest BCUT2D eigenvalue weighted by molar-refractivity contribution is 0.235. The van der Waals surface area contributed by atoms with Gasteiger partial charge in [0.05, 0.1) is 11.6 Å². The number of aliphatic hydroxyl groups is 1. The summed E-state index contributed by atoms with van der Waals surface area (Å²) in [4.78, 5) is 8.50. The highest BCUT2D eigenvalue weighted by Gasteiger charge is 2.25. The number of nitrogens with zero attached hydrogens (tertiary/aromatic N) is 3. The van der Waals surface area contributed by atoms with Gasteiger partial charge < -0.3 is 10.4 Å². The molecule has 0 radical (unpaired) electrons. The van der Waals surface area contributed by atoms with Crippen LogP contribution in [-0.2, 0) is 0 Å². The Bertz CT molecular complexity index is 575. The fraction of sp³-hybridized carbons (Fsp3) is 0.583. The highest BCUT2D eigenvalue weighted by molar-refractivity contribution is 5.87. The average Bonchev–Trinajstić information content (AvgIpc) is 2.85. The molecular formula is C12H21N7O. The van der Waals surface area contributed by atoms with Crippen LogP contribution in [-0.4, -0.2) is 37.9 Å². The number of hydrazine groups is 1. The average molecular weight is 279 g/mol. The molecule has 8 heteroatoms. The van der Waals surface area contributed by atoms with Gasteiger partial charge in [0, 0.05) is 12.6 Å². The minimum Gasteiger partial charge on any atom is -0.396 e. The summed E-state index contributed by atoms with van der Waals surface area (Å²) in [6.45, 7) is 6.43. The maximum Gasteiger partial charge on any atom is 0.241 e. The Hall–Kier alpha value is -1.93. The van der Waals surface area contributed by atoms with Crippen LogP contribution in [0.25, 0.3) is 11.0 Å². The first kappa shape index (κ1) is 14.5. The topological polar surface area (TPSA) is 125 Å². The number of nitrogens with two attached hydrogens (primary N) is 1. The molecule has 0 bridgehead atoms. The van der Waals surface area contributed by atoms with Crippen molar-refractivity contribution in [1.82, 2.24) is 20.2 Å². The molecule has 1 unspecified atom stereocenters. The third-order valence-corrected chi connectivity index (χ3v) is 3.21. The van der Waals surface area contributed by atoms with E-state index in [1.54, 1.807) is 6.20 Å². The third kappa shape index (κ3) is 2.97. The zero-order valence-electron chi connectivity index (χ0n) is 11.9. The Morgan fingerprint density at radius 1 is 1.40 bits per heavy atom. The number of anilines is 2. The van der Waals surface area contributed by atoms with Crippen LogP contribution in [0.15, 0.2) is 6.20 Å². The first-order valence-corrected chi connectivity index (χ1v) is 6.51. The second kappa shape index (κ2) is 5.59. The zero-order valence-corrected chi connectivity index (χ0v) is 11.9. The van der Waals surface area contributed by atoms with Gasteiger partial charge in [0.1, 0.15) is 5.82 Å². The van der Waals surface area contributed by atoms with Crippen LogP contribution in [0.1, 0.15) is 27.2 Å². The molecule has 0 aliphatic carbocycles. The van der Waals surface area contributed by atoms with E-state index in [2.05, 4.69) is 51.7 Å². The largest absolute Gasteiger partial charge is 0.396 e. The van der Waals surface area contributed by atoms with Crippen molar-refractivity contribution in [2.75, 3.05) is 17.3 Å². The quantitative estimate of drug-likeness (QED) is 0.406. The van der Waals surface area contributed by atoms with Gasteiger partial charge >= 0.3 is 0 Å². The van der Waals surface area contributed by atoms with Gasteiger partial charge in [0.25, 0.3) is 0 Å². The van der Waals surface area contributed by atoms with Crippen molar-refractivity contribution >= 4 is 22.8 Å². The van der Waals surface area contributed by atoms with Crippen LogP contribution in [0.5, 0.6) is 0 Å². The van der Waals surface area contributed by atoms with Crippen molar-refractivity contribution < 1.29 is 5.11 Å². The maximum atomic E-state index is 9.23. The lowest BCUT2D eigenvalue weighted by Gasteiger charge is -2.31. The normalized spacial score (nSPS) is 13.4. The second-order valence-corrected chi connectivity index (χ2v) is 5.75. The number of aromatic amines is 1. The standard InChI is InChI=1S/C12H21N7O/c1-12(2,3)8(4-5-20)15-9-7-6-14-19-10(7)17-11(16-9)18-13/h6,8,20H,4-5,13H2,1-3H3,(H3,14,15,16,17,18,19). The van der Waals surface area contributed by atoms with Crippen molar-refractivity contribution in [1.29, 1.82) is 0 Å². The molecule has 0 saturated carbocycles. The molecule has 8 nitrogen and oxygen atoms in total. The fourth-order valence-corrected chi connectivity index (χ4v) is 2.03. The highest BCUT2D eigenvalue weighted by Crippen LogP contribution is 2.28. The van der Waals surface area contributed by atoms with Crippen molar-refractivity contribution in [3.05, 3.63) is 6.20 Å². The summed E-state index contributed by atoms with van der Waals surface area (Å²) >= 11 is 0. The Kier molecular flexibility index (Phi) is 4.05. The summed E-state index contributed by atoms with van der Waals surface area (Å²) in [5, 5.41) is 20.1. The summed E-state index contributed by atoms with van der Waals surface area (Å²) < 4.78 is 0. The number of fused-ring (bicyclic) bond motifs is 1. The van der Waals surface area contributed by atoms with Gasteiger partial charge in [-0.2, -0.15) is 15.1 Å². The van der Waals surface area contributed by atoms with E-state index in [0.29, 0.717) is 23.8 Å². The summed E-state index contributed by atoms with van der Waals surface area (Å²) in [6.07, 6.45) is 2.29. The van der Waals surface area contributed by atoms with Gasteiger partial charge in [-0.25, -0.2) is 5.84 Å². The summed E-state index contributed by atoms with van der Waals surface area (Å²) in [7, 11) is 0. The summed E-state index contributed by atoms with van der Waals surface area (Å²) in [5.41, 5.74) is 3.01. The molecular weight excluding hydrogens is 258 g/mol. The van der Waals surface area contributed by atoms with Crippen LogP contribution in [0.4, 0.5) is 11.8 Å². The van der Waals surface area contributed by atoms with Gasteiger partial charge in [0.2, 0.25) is 5.95 Å². The number of H-pyrrole nitrogens is 1. The Morgan fingerprint density at radius 2 is 2.15 bits per heavy atom. The summed E-state index contributed by atoms with van der Waals surface area (Å²) in [6, 6.07) is 0.0612. The molecule has 0 amide bonds. The second-order valence-electron chi connectivity index (χ2n) is 5.75. The minimum atomic E-state index is -0.0277. The van der Waals surface area contributed by atoms with Crippen LogP contribution < -0.4 is 16.6 Å². The van der Waals surface area contributed by atoms with Gasteiger partial charge in [-0.3, -0.25) is 10.5 Å². The number of hydrogen-bond acceptors (Lipinski definition) is 7. The first-order valence-electron chi connectivity index (χ1n) is 6.51. The number of aromatic nitrogens is 4. The van der Waals surface area contributed by atoms with Crippen molar-refractivity contribution in [2.45, 2.75) is 33.2 Å². The van der Waals surface area contributed by atoms with Gasteiger partial charge in [-0.15, -0.1) is 0 Å². The molecule has 2 aromatic heterocycles. The number of aliphatic hydroxyl groups excluding tert-OH is 1. The molecule has 2 rings (SSSR count). The van der Waals surface area contributed by atoms with Crippen LogP contribution in [0, 0.1) is 5.41 Å². The number of hydrogen-bond donors (Lipinski definition) is 5. The molecule has 0 saturated heterocycles. The van der Waals surface area contributed by atoms with Crippen LogP contribution >= 0.6 is 0 Å². The van der Waals surface area contributed by atoms with E-state index in [0.717, 1.165) is 5.39 Å². The van der Waals surface area contributed by atoms with Gasteiger partial charge in [-0.1, -0.05) is 20.8 Å². The van der Waals surface area contributed by atoms with E-state index in [1.165, 1.54) is 0 Å². The predicted molar refractivity (Wildman–Crippen MR) is 78.1 cm³/mol. The molecule has 0 spiro atoms. The van der Waals surface area contributed by atoms with Crippen LogP contribution in [0.3, 0.4) is 0 Å². The van der Waals surface area contributed by atoms with Gasteiger partial charge in [-0.05, 0) is 11.8 Å². The molecule has 0 fully saturated rings. The molecule has 20 heavy (non-hydrogen) atoms. The lowest BCUT2D eigenvalue weighted by Crippen LogP contribution is -2.35. The number of nitrogen functional groups attached to an aromatic ring is 1. The van der Waals surface area contributed by atoms with E-state index in [1.807, 2.05) is 0 Å². The molecule has 0 aliphatic rings. The van der Waals surface area contributed by atoms with Crippen molar-refractivity contribution in [2.24, 2.45) is 11.3 Å². The van der Waals surface area contributed by atoms with Crippen LogP contribution in [0.2, 0.25) is 0 Å². The maximum absolute atomic E-state index is 9.23. The number of nitrogens with one attached hydrogen (secondary N) is 3. The Morgan fingerprint density at radius 3 is 2.75 bits per heavy atom. The highest BCUT2D eigenvalue weighted by atomic mass is 16.3. The molecule has 2 aromatic rings. The van der Waals surface area contributed by atoms with E-state index in [9.17, 15) is 5.11 Å².